The van der Waals surface area contributed by atoms with Crippen LogP contribution in [-0.4, -0.2) is 31.3 Å². The third kappa shape index (κ3) is 3.71. The highest BCUT2D eigenvalue weighted by molar-refractivity contribution is 7.08. The summed E-state index contributed by atoms with van der Waals surface area (Å²) in [6, 6.07) is 7.55. The quantitative estimate of drug-likeness (QED) is 0.797. The highest BCUT2D eigenvalue weighted by atomic mass is 32.1. The fraction of sp³-hybridized carbons (Fsp3) is 0.389. The number of benzene rings is 1. The molecule has 6 heteroatoms. The number of amides is 2. The Bertz CT molecular complexity index is 713. The first kappa shape index (κ1) is 16.8. The van der Waals surface area contributed by atoms with Gasteiger partial charge in [-0.2, -0.15) is 11.3 Å². The van der Waals surface area contributed by atoms with Crippen LogP contribution < -0.4 is 15.5 Å². The molecule has 3 N–H and O–H groups in total. The lowest BCUT2D eigenvalue weighted by Crippen LogP contribution is -2.40. The van der Waals surface area contributed by atoms with E-state index in [2.05, 4.69) is 22.6 Å². The SMILES string of the molecule is CN1CCCc2cc(NC(=O)NCC(C)(O)c3ccsc3)ccc21. The molecule has 128 valence electrons. The van der Waals surface area contributed by atoms with Gasteiger partial charge in [0.15, 0.2) is 0 Å². The van der Waals surface area contributed by atoms with E-state index in [1.807, 2.05) is 35.0 Å². The Morgan fingerprint density at radius 1 is 1.42 bits per heavy atom. The van der Waals surface area contributed by atoms with Crippen LogP contribution in [0.5, 0.6) is 0 Å². The molecule has 0 fully saturated rings. The predicted molar refractivity (Wildman–Crippen MR) is 98.9 cm³/mol. The van der Waals surface area contributed by atoms with Crippen LogP contribution in [0, 0.1) is 0 Å². The second-order valence-electron chi connectivity index (χ2n) is 6.46. The molecule has 5 nitrogen and oxygen atoms in total. The minimum Gasteiger partial charge on any atom is -0.384 e. The zero-order chi connectivity index (χ0) is 17.2. The van der Waals surface area contributed by atoms with Gasteiger partial charge in [-0.25, -0.2) is 4.79 Å². The number of nitrogens with zero attached hydrogens (tertiary/aromatic N) is 1. The van der Waals surface area contributed by atoms with Gasteiger partial charge in [0.05, 0.1) is 6.54 Å². The summed E-state index contributed by atoms with van der Waals surface area (Å²) in [4.78, 5) is 14.4. The number of carbonyl (C=O) groups excluding carboxylic acids is 1. The van der Waals surface area contributed by atoms with Crippen LogP contribution in [0.3, 0.4) is 0 Å². The van der Waals surface area contributed by atoms with Crippen molar-refractivity contribution in [3.63, 3.8) is 0 Å². The molecule has 0 saturated carbocycles. The molecule has 2 amide bonds. The van der Waals surface area contributed by atoms with Gasteiger partial charge in [-0.05, 0) is 65.9 Å². The van der Waals surface area contributed by atoms with Crippen LogP contribution in [0.2, 0.25) is 0 Å². The number of fused-ring (bicyclic) bond motifs is 1. The summed E-state index contributed by atoms with van der Waals surface area (Å²) in [5, 5.41) is 19.8. The molecule has 2 heterocycles. The van der Waals surface area contributed by atoms with Crippen molar-refractivity contribution in [2.75, 3.05) is 30.4 Å². The van der Waals surface area contributed by atoms with E-state index < -0.39 is 5.60 Å². The zero-order valence-corrected chi connectivity index (χ0v) is 14.8. The van der Waals surface area contributed by atoms with Gasteiger partial charge < -0.3 is 20.6 Å². The Hall–Kier alpha value is -2.05. The highest BCUT2D eigenvalue weighted by Gasteiger charge is 2.24. The molecule has 1 aromatic carbocycles. The summed E-state index contributed by atoms with van der Waals surface area (Å²) >= 11 is 1.52. The molecular weight excluding hydrogens is 322 g/mol. The largest absolute Gasteiger partial charge is 0.384 e. The average molecular weight is 345 g/mol. The van der Waals surface area contributed by atoms with Crippen molar-refractivity contribution in [2.24, 2.45) is 0 Å². The Labute approximate surface area is 146 Å². The molecule has 0 saturated heterocycles. The summed E-state index contributed by atoms with van der Waals surface area (Å²) in [5.41, 5.74) is 3.00. The maximum atomic E-state index is 12.1. The van der Waals surface area contributed by atoms with Gasteiger partial charge >= 0.3 is 6.03 Å². The number of aliphatic hydroxyl groups is 1. The summed E-state index contributed by atoms with van der Waals surface area (Å²) in [5.74, 6) is 0. The minimum absolute atomic E-state index is 0.156. The van der Waals surface area contributed by atoms with E-state index in [9.17, 15) is 9.90 Å². The highest BCUT2D eigenvalue weighted by Crippen LogP contribution is 2.28. The smallest absolute Gasteiger partial charge is 0.319 e. The number of nitrogens with one attached hydrogen (secondary N) is 2. The first-order chi connectivity index (χ1) is 11.5. The van der Waals surface area contributed by atoms with E-state index in [-0.39, 0.29) is 12.6 Å². The maximum absolute atomic E-state index is 12.1. The topological polar surface area (TPSA) is 64.6 Å². The second-order valence-corrected chi connectivity index (χ2v) is 7.24. The normalized spacial score (nSPS) is 16.2. The number of anilines is 2. The number of rotatable bonds is 4. The lowest BCUT2D eigenvalue weighted by atomic mass is 9.99. The Kier molecular flexibility index (Phi) is 4.78. The van der Waals surface area contributed by atoms with E-state index in [1.54, 1.807) is 6.92 Å². The predicted octanol–water partition coefficient (Wildman–Crippen LogP) is 3.16. The standard InChI is InChI=1S/C18H23N3O2S/c1-18(23,14-7-9-24-11-14)12-19-17(22)20-15-5-6-16-13(10-15)4-3-8-21(16)2/h5-7,9-11,23H,3-4,8,12H2,1-2H3,(H2,19,20,22). The fourth-order valence-electron chi connectivity index (χ4n) is 2.96. The van der Waals surface area contributed by atoms with Crippen LogP contribution in [0.4, 0.5) is 16.2 Å². The number of hydrogen-bond donors (Lipinski definition) is 3. The van der Waals surface area contributed by atoms with Gasteiger partial charge in [-0.3, -0.25) is 0 Å². The lowest BCUT2D eigenvalue weighted by Gasteiger charge is -2.28. The van der Waals surface area contributed by atoms with Crippen LogP contribution in [0.25, 0.3) is 0 Å². The van der Waals surface area contributed by atoms with Crippen molar-refractivity contribution in [2.45, 2.75) is 25.4 Å². The Balaban J connectivity index is 1.59. The third-order valence-electron chi connectivity index (χ3n) is 4.42. The molecule has 1 aromatic heterocycles. The first-order valence-electron chi connectivity index (χ1n) is 8.10. The molecule has 1 unspecified atom stereocenters. The van der Waals surface area contributed by atoms with Crippen molar-refractivity contribution in [1.29, 1.82) is 0 Å². The molecule has 0 bridgehead atoms. The molecular formula is C18H23N3O2S. The van der Waals surface area contributed by atoms with Crippen molar-refractivity contribution < 1.29 is 9.90 Å². The summed E-state index contributed by atoms with van der Waals surface area (Å²) in [6.07, 6.45) is 2.16. The molecule has 1 atom stereocenters. The maximum Gasteiger partial charge on any atom is 0.319 e. The second kappa shape index (κ2) is 6.83. The summed E-state index contributed by atoms with van der Waals surface area (Å²) in [6.45, 7) is 2.92. The van der Waals surface area contributed by atoms with Crippen LogP contribution in [0.15, 0.2) is 35.0 Å². The van der Waals surface area contributed by atoms with Crippen molar-refractivity contribution >= 4 is 28.7 Å². The molecule has 1 aliphatic rings. The average Bonchev–Trinajstić information content (AvgIpc) is 3.09. The number of hydrogen-bond acceptors (Lipinski definition) is 4. The monoisotopic (exact) mass is 345 g/mol. The van der Waals surface area contributed by atoms with Crippen LogP contribution in [0.1, 0.15) is 24.5 Å². The Morgan fingerprint density at radius 2 is 2.25 bits per heavy atom. The molecule has 0 radical (unpaired) electrons. The molecule has 1 aliphatic heterocycles. The van der Waals surface area contributed by atoms with Gasteiger partial charge in [0.25, 0.3) is 0 Å². The van der Waals surface area contributed by atoms with Crippen molar-refractivity contribution in [3.05, 3.63) is 46.2 Å². The zero-order valence-electron chi connectivity index (χ0n) is 14.0. The first-order valence-corrected chi connectivity index (χ1v) is 9.04. The van der Waals surface area contributed by atoms with E-state index in [0.717, 1.165) is 30.6 Å². The van der Waals surface area contributed by atoms with Gasteiger partial charge in [-0.15, -0.1) is 0 Å². The van der Waals surface area contributed by atoms with Crippen LogP contribution in [-0.2, 0) is 12.0 Å². The van der Waals surface area contributed by atoms with E-state index in [1.165, 1.54) is 22.6 Å². The van der Waals surface area contributed by atoms with Crippen LogP contribution >= 0.6 is 11.3 Å². The summed E-state index contributed by atoms with van der Waals surface area (Å²) < 4.78 is 0. The number of urea groups is 1. The van der Waals surface area contributed by atoms with Gasteiger partial charge in [0, 0.05) is 25.0 Å². The van der Waals surface area contributed by atoms with Gasteiger partial charge in [-0.1, -0.05) is 0 Å². The molecule has 24 heavy (non-hydrogen) atoms. The minimum atomic E-state index is -1.07. The fourth-order valence-corrected chi connectivity index (χ4v) is 3.75. The molecule has 3 rings (SSSR count). The van der Waals surface area contributed by atoms with E-state index in [4.69, 9.17) is 0 Å². The van der Waals surface area contributed by atoms with Crippen molar-refractivity contribution in [3.8, 4) is 0 Å². The number of carbonyl (C=O) groups is 1. The lowest BCUT2D eigenvalue weighted by molar-refractivity contribution is 0.0604. The molecule has 0 spiro atoms. The molecule has 0 aliphatic carbocycles. The summed E-state index contributed by atoms with van der Waals surface area (Å²) in [7, 11) is 2.09. The third-order valence-corrected chi connectivity index (χ3v) is 5.11. The van der Waals surface area contributed by atoms with Gasteiger partial charge in [0.1, 0.15) is 5.60 Å². The Morgan fingerprint density at radius 3 is 3.00 bits per heavy atom. The van der Waals surface area contributed by atoms with Crippen molar-refractivity contribution in [1.82, 2.24) is 5.32 Å². The number of aryl methyl sites for hydroxylation is 1. The molecule has 2 aromatic rings. The van der Waals surface area contributed by atoms with E-state index in [0.29, 0.717) is 0 Å². The van der Waals surface area contributed by atoms with E-state index >= 15 is 0 Å². The van der Waals surface area contributed by atoms with Gasteiger partial charge in [0.2, 0.25) is 0 Å². The number of thiophene rings is 1.